The van der Waals surface area contributed by atoms with Crippen LogP contribution in [0, 0.1) is 0 Å². The maximum Gasteiger partial charge on any atom is 0.364 e. The van der Waals surface area contributed by atoms with Gasteiger partial charge in [0.2, 0.25) is 11.5 Å². The van der Waals surface area contributed by atoms with Gasteiger partial charge in [-0.2, -0.15) is 0 Å². The van der Waals surface area contributed by atoms with Crippen LogP contribution in [-0.2, 0) is 19.2 Å². The molecule has 6 heteroatoms. The van der Waals surface area contributed by atoms with Crippen LogP contribution in [0.1, 0.15) is 26.7 Å². The Bertz CT molecular complexity index is 266. The number of hydrogen-bond donors (Lipinski definition) is 0. The quantitative estimate of drug-likeness (QED) is 0.171. The van der Waals surface area contributed by atoms with Crippen LogP contribution in [-0.4, -0.2) is 36.0 Å². The number of rotatable bonds is 8. The molecule has 0 aromatic carbocycles. The Kier molecular flexibility index (Phi) is 8.80. The minimum absolute atomic E-state index is 0.0157. The maximum atomic E-state index is 11.3. The molecule has 0 atom stereocenters. The smallest absolute Gasteiger partial charge is 0.364 e. The van der Waals surface area contributed by atoms with Crippen molar-refractivity contribution >= 4 is 33.4 Å². The Balaban J connectivity index is 4.41. The number of unbranched alkanes of at least 4 members (excludes halogenated alkanes) is 1. The first-order valence-electron chi connectivity index (χ1n) is 5.13. The summed E-state index contributed by atoms with van der Waals surface area (Å²) in [6, 6.07) is 0. The lowest BCUT2D eigenvalue weighted by Gasteiger charge is -2.03. The monoisotopic (exact) mass is 293 g/mol. The molecule has 0 N–H and O–H groups in total. The van der Waals surface area contributed by atoms with E-state index in [-0.39, 0.29) is 17.6 Å². The topological polar surface area (TPSA) is 65.0 Å². The van der Waals surface area contributed by atoms with Gasteiger partial charge in [0.15, 0.2) is 0 Å². The Morgan fingerprint density at radius 3 is 2.50 bits per heavy atom. The summed E-state index contributed by atoms with van der Waals surface area (Å²) in [7, 11) is 0. The third kappa shape index (κ3) is 5.85. The lowest BCUT2D eigenvalue weighted by atomic mass is 10.3. The molecule has 0 amide bonds. The highest BCUT2D eigenvalue weighted by Gasteiger charge is 2.21. The fraction of sp³-hybridized carbons (Fsp3) is 0.700. The fourth-order valence-electron chi connectivity index (χ4n) is 0.784. The van der Waals surface area contributed by atoms with Crippen LogP contribution in [0.2, 0.25) is 0 Å². The van der Waals surface area contributed by atoms with E-state index >= 15 is 0 Å². The second-order valence-electron chi connectivity index (χ2n) is 2.90. The average Bonchev–Trinajstić information content (AvgIpc) is 2.28. The molecule has 0 aliphatic rings. The molecule has 0 radical (unpaired) electrons. The summed E-state index contributed by atoms with van der Waals surface area (Å²) in [5.41, 5.74) is -0.296. The van der Waals surface area contributed by atoms with Crippen LogP contribution in [0.5, 0.6) is 0 Å². The van der Waals surface area contributed by atoms with Crippen LogP contribution in [0.15, 0.2) is 5.16 Å². The van der Waals surface area contributed by atoms with Crippen molar-refractivity contribution in [2.24, 2.45) is 5.16 Å². The van der Waals surface area contributed by atoms with Crippen LogP contribution in [0.25, 0.3) is 0 Å². The van der Waals surface area contributed by atoms with Crippen molar-refractivity contribution < 1.29 is 19.2 Å². The summed E-state index contributed by atoms with van der Waals surface area (Å²) in [5, 5.41) is 3.53. The molecule has 0 aliphatic carbocycles. The molecule has 5 nitrogen and oxygen atoms in total. The lowest BCUT2D eigenvalue weighted by molar-refractivity contribution is -0.135. The normalized spacial score (nSPS) is 11.1. The van der Waals surface area contributed by atoms with Crippen molar-refractivity contribution in [1.82, 2.24) is 0 Å². The third-order valence-corrected chi connectivity index (χ3v) is 2.11. The van der Waals surface area contributed by atoms with Gasteiger partial charge in [-0.3, -0.25) is 4.79 Å². The van der Waals surface area contributed by atoms with Crippen LogP contribution < -0.4 is 0 Å². The number of Topliss-reactive ketones (excluding diaryl/α,β-unsaturated/α-hetero) is 1. The van der Waals surface area contributed by atoms with E-state index in [9.17, 15) is 9.59 Å². The van der Waals surface area contributed by atoms with E-state index in [0.717, 1.165) is 12.8 Å². The van der Waals surface area contributed by atoms with E-state index in [1.807, 2.05) is 6.92 Å². The van der Waals surface area contributed by atoms with Crippen molar-refractivity contribution in [3.8, 4) is 0 Å². The molecule has 0 unspecified atom stereocenters. The maximum absolute atomic E-state index is 11.3. The highest BCUT2D eigenvalue weighted by Crippen LogP contribution is 1.95. The molecule has 0 saturated carbocycles. The molecule has 0 aromatic rings. The standard InChI is InChI=1S/C10H16BrNO4/c1-3-5-6-16-12-9(8(13)7-11)10(14)15-4-2/h3-7H2,1-2H3. The first-order valence-corrected chi connectivity index (χ1v) is 6.25. The van der Waals surface area contributed by atoms with Gasteiger partial charge in [0.05, 0.1) is 11.9 Å². The fourth-order valence-corrected chi connectivity index (χ4v) is 1.05. The average molecular weight is 294 g/mol. The highest BCUT2D eigenvalue weighted by molar-refractivity contribution is 9.09. The number of esters is 1. The van der Waals surface area contributed by atoms with Crippen molar-refractivity contribution in [3.63, 3.8) is 0 Å². The van der Waals surface area contributed by atoms with Crippen molar-refractivity contribution in [2.45, 2.75) is 26.7 Å². The number of oxime groups is 1. The number of carbonyl (C=O) groups is 2. The minimum atomic E-state index is -0.747. The summed E-state index contributed by atoms with van der Waals surface area (Å²) in [4.78, 5) is 27.5. The highest BCUT2D eigenvalue weighted by atomic mass is 79.9. The van der Waals surface area contributed by atoms with Gasteiger partial charge in [0.25, 0.3) is 0 Å². The van der Waals surface area contributed by atoms with E-state index < -0.39 is 11.8 Å². The van der Waals surface area contributed by atoms with E-state index in [1.165, 1.54) is 0 Å². The van der Waals surface area contributed by atoms with Gasteiger partial charge in [0, 0.05) is 0 Å². The van der Waals surface area contributed by atoms with Gasteiger partial charge in [-0.1, -0.05) is 34.4 Å². The first kappa shape index (κ1) is 15.1. The van der Waals surface area contributed by atoms with Crippen LogP contribution in [0.4, 0.5) is 0 Å². The number of halogens is 1. The summed E-state index contributed by atoms with van der Waals surface area (Å²) in [6.45, 7) is 4.24. The molecule has 0 spiro atoms. The summed E-state index contributed by atoms with van der Waals surface area (Å²) in [5.74, 6) is -1.20. The molecule has 0 bridgehead atoms. The SMILES string of the molecule is CCCCON=C(C(=O)CBr)C(=O)OCC. The Labute approximate surface area is 103 Å². The molecule has 16 heavy (non-hydrogen) atoms. The predicted molar refractivity (Wildman–Crippen MR) is 63.7 cm³/mol. The third-order valence-electron chi connectivity index (χ3n) is 1.60. The molecule has 0 heterocycles. The van der Waals surface area contributed by atoms with Crippen molar-refractivity contribution in [2.75, 3.05) is 18.5 Å². The van der Waals surface area contributed by atoms with Crippen LogP contribution in [0.3, 0.4) is 0 Å². The number of hydrogen-bond acceptors (Lipinski definition) is 5. The molecular weight excluding hydrogens is 278 g/mol. The zero-order valence-corrected chi connectivity index (χ0v) is 11.1. The van der Waals surface area contributed by atoms with E-state index in [4.69, 9.17) is 9.57 Å². The summed E-state index contributed by atoms with van der Waals surface area (Å²) < 4.78 is 4.69. The molecule has 0 aliphatic heterocycles. The van der Waals surface area contributed by atoms with Gasteiger partial charge < -0.3 is 9.57 Å². The Morgan fingerprint density at radius 2 is 2.00 bits per heavy atom. The zero-order chi connectivity index (χ0) is 12.4. The van der Waals surface area contributed by atoms with Gasteiger partial charge in [-0.05, 0) is 13.3 Å². The van der Waals surface area contributed by atoms with Gasteiger partial charge in [0.1, 0.15) is 6.61 Å². The zero-order valence-electron chi connectivity index (χ0n) is 9.49. The molecule has 0 fully saturated rings. The summed E-state index contributed by atoms with van der Waals surface area (Å²) >= 11 is 2.96. The molecule has 0 aromatic heterocycles. The molecule has 0 rings (SSSR count). The molecular formula is C10H16BrNO4. The predicted octanol–water partition coefficient (Wildman–Crippen LogP) is 1.69. The lowest BCUT2D eigenvalue weighted by Crippen LogP contribution is -2.27. The number of carbonyl (C=O) groups excluding carboxylic acids is 2. The Morgan fingerprint density at radius 1 is 1.31 bits per heavy atom. The summed E-state index contributed by atoms with van der Waals surface area (Å²) in [6.07, 6.45) is 1.78. The van der Waals surface area contributed by atoms with Gasteiger partial charge >= 0.3 is 5.97 Å². The number of ether oxygens (including phenoxy) is 1. The van der Waals surface area contributed by atoms with Crippen LogP contribution >= 0.6 is 15.9 Å². The number of nitrogens with zero attached hydrogens (tertiary/aromatic N) is 1. The van der Waals surface area contributed by atoms with E-state index in [0.29, 0.717) is 6.61 Å². The van der Waals surface area contributed by atoms with Gasteiger partial charge in [-0.15, -0.1) is 0 Å². The van der Waals surface area contributed by atoms with E-state index in [2.05, 4.69) is 21.1 Å². The second-order valence-corrected chi connectivity index (χ2v) is 3.46. The minimum Gasteiger partial charge on any atom is -0.461 e. The second kappa shape index (κ2) is 9.33. The van der Waals surface area contributed by atoms with Gasteiger partial charge in [-0.25, -0.2) is 4.79 Å². The van der Waals surface area contributed by atoms with Crippen molar-refractivity contribution in [3.05, 3.63) is 0 Å². The largest absolute Gasteiger partial charge is 0.461 e. The van der Waals surface area contributed by atoms with Crippen molar-refractivity contribution in [1.29, 1.82) is 0 Å². The number of ketones is 1. The number of alkyl halides is 1. The molecule has 0 saturated heterocycles. The molecule has 92 valence electrons. The Hall–Kier alpha value is -0.910. The van der Waals surface area contributed by atoms with E-state index in [1.54, 1.807) is 6.92 Å². The first-order chi connectivity index (χ1) is 7.67.